The Bertz CT molecular complexity index is 1260. The van der Waals surface area contributed by atoms with Gasteiger partial charge in [-0.3, -0.25) is 9.78 Å². The minimum atomic E-state index is -0.102. The van der Waals surface area contributed by atoms with Crippen molar-refractivity contribution >= 4 is 11.6 Å². The van der Waals surface area contributed by atoms with Gasteiger partial charge in [0.25, 0.3) is 0 Å². The highest BCUT2D eigenvalue weighted by Crippen LogP contribution is 2.24. The molecule has 166 valence electrons. The molecule has 5 rings (SSSR count). The molecule has 4 aromatic rings. The largest absolute Gasteiger partial charge is 0.353 e. The molecule has 1 aliphatic rings. The van der Waals surface area contributed by atoms with Gasteiger partial charge in [0.15, 0.2) is 0 Å². The van der Waals surface area contributed by atoms with Gasteiger partial charge in [-0.05, 0) is 36.2 Å². The summed E-state index contributed by atoms with van der Waals surface area (Å²) in [5.41, 5.74) is 4.95. The monoisotopic (exact) mass is 436 g/mol. The minimum Gasteiger partial charge on any atom is -0.353 e. The first-order valence-electron chi connectivity index (χ1n) is 11.3. The number of benzene rings is 2. The number of aryl methyl sites for hydroxylation is 1. The van der Waals surface area contributed by atoms with Crippen LogP contribution in [0.15, 0.2) is 91.1 Å². The van der Waals surface area contributed by atoms with Gasteiger partial charge in [0, 0.05) is 50.1 Å². The summed E-state index contributed by atoms with van der Waals surface area (Å²) in [4.78, 5) is 24.9. The quantitative estimate of drug-likeness (QED) is 0.442. The third-order valence-electron chi connectivity index (χ3n) is 6.11. The second-order valence-corrected chi connectivity index (χ2v) is 8.30. The molecule has 0 saturated carbocycles. The second-order valence-electron chi connectivity index (χ2n) is 8.30. The molecule has 0 radical (unpaired) electrons. The first-order valence-corrected chi connectivity index (χ1v) is 11.3. The minimum absolute atomic E-state index is 0. The van der Waals surface area contributed by atoms with Crippen LogP contribution >= 0.6 is 0 Å². The van der Waals surface area contributed by atoms with Crippen LogP contribution in [0.3, 0.4) is 0 Å². The molecular formula is C28H28N4O. The van der Waals surface area contributed by atoms with Gasteiger partial charge in [0.2, 0.25) is 5.78 Å². The molecule has 0 bridgehead atoms. The molecule has 1 fully saturated rings. The number of hydrogen-bond acceptors (Lipinski definition) is 5. The summed E-state index contributed by atoms with van der Waals surface area (Å²) in [5, 5.41) is 3.58. The Morgan fingerprint density at radius 2 is 1.73 bits per heavy atom. The third-order valence-corrected chi connectivity index (χ3v) is 6.11. The number of anilines is 1. The van der Waals surface area contributed by atoms with Crippen LogP contribution in [0.4, 0.5) is 5.82 Å². The summed E-state index contributed by atoms with van der Waals surface area (Å²) in [6.45, 7) is 4.38. The van der Waals surface area contributed by atoms with E-state index >= 15 is 0 Å². The summed E-state index contributed by atoms with van der Waals surface area (Å²) in [7, 11) is 0. The molecule has 2 aromatic heterocycles. The number of nitrogens with one attached hydrogen (secondary N) is 1. The topological polar surface area (TPSA) is 58.1 Å². The van der Waals surface area contributed by atoms with E-state index in [0.717, 1.165) is 36.6 Å². The van der Waals surface area contributed by atoms with Crippen molar-refractivity contribution in [2.24, 2.45) is 0 Å². The van der Waals surface area contributed by atoms with E-state index in [0.29, 0.717) is 17.0 Å². The van der Waals surface area contributed by atoms with E-state index in [4.69, 9.17) is 4.98 Å². The number of ketones is 1. The average molecular weight is 437 g/mol. The molecule has 0 spiro atoms. The molecule has 33 heavy (non-hydrogen) atoms. The Morgan fingerprint density at radius 1 is 0.970 bits per heavy atom. The van der Waals surface area contributed by atoms with Crippen LogP contribution in [0.2, 0.25) is 0 Å². The molecule has 0 aliphatic carbocycles. The molecule has 1 saturated heterocycles. The van der Waals surface area contributed by atoms with E-state index < -0.39 is 0 Å². The zero-order chi connectivity index (χ0) is 22.6. The predicted molar refractivity (Wildman–Crippen MR) is 134 cm³/mol. The summed E-state index contributed by atoms with van der Waals surface area (Å²) in [6, 6.07) is 28.3. The van der Waals surface area contributed by atoms with E-state index in [9.17, 15) is 4.79 Å². The Balaban J connectivity index is 0.00000274. The van der Waals surface area contributed by atoms with Gasteiger partial charge in [-0.25, -0.2) is 4.98 Å². The zero-order valence-corrected chi connectivity index (χ0v) is 18.6. The lowest BCUT2D eigenvalue weighted by atomic mass is 10.0. The van der Waals surface area contributed by atoms with Crippen LogP contribution < -0.4 is 10.2 Å². The van der Waals surface area contributed by atoms with Crippen molar-refractivity contribution in [3.05, 3.63) is 114 Å². The van der Waals surface area contributed by atoms with Crippen LogP contribution in [-0.4, -0.2) is 35.4 Å². The van der Waals surface area contributed by atoms with Crippen molar-refractivity contribution in [3.8, 4) is 11.1 Å². The van der Waals surface area contributed by atoms with Crippen molar-refractivity contribution in [2.45, 2.75) is 13.0 Å². The van der Waals surface area contributed by atoms with Crippen LogP contribution in [-0.2, 0) is 0 Å². The van der Waals surface area contributed by atoms with Crippen molar-refractivity contribution in [1.82, 2.24) is 15.3 Å². The molecule has 1 atom stereocenters. The standard InChI is InChI=1S/C28H26N4O.H2/c1-20-24(17-23(18-30-20)21-9-4-2-5-10-21)28(33)25-13-8-14-27(31-25)32-16-15-29-26(19-32)22-11-6-3-7-12-22;/h2-14,17-18,26,29H,15-16,19H2,1H3;1H. The van der Waals surface area contributed by atoms with E-state index in [1.807, 2.05) is 67.7 Å². The van der Waals surface area contributed by atoms with E-state index in [2.05, 4.69) is 39.5 Å². The molecule has 1 N–H and O–H groups in total. The zero-order valence-electron chi connectivity index (χ0n) is 18.6. The number of pyridine rings is 2. The van der Waals surface area contributed by atoms with E-state index in [-0.39, 0.29) is 13.3 Å². The first kappa shape index (κ1) is 21.0. The average Bonchev–Trinajstić information content (AvgIpc) is 2.90. The van der Waals surface area contributed by atoms with Crippen molar-refractivity contribution in [1.29, 1.82) is 0 Å². The lowest BCUT2D eigenvalue weighted by molar-refractivity contribution is 0.103. The fourth-order valence-corrected chi connectivity index (χ4v) is 4.28. The predicted octanol–water partition coefficient (Wildman–Crippen LogP) is 5.08. The van der Waals surface area contributed by atoms with Crippen molar-refractivity contribution in [2.75, 3.05) is 24.5 Å². The van der Waals surface area contributed by atoms with Gasteiger partial charge in [0.1, 0.15) is 11.5 Å². The molecular weight excluding hydrogens is 408 g/mol. The molecule has 0 amide bonds. The molecule has 3 heterocycles. The number of carbonyl (C=O) groups excluding carboxylic acids is 1. The van der Waals surface area contributed by atoms with Gasteiger partial charge >= 0.3 is 0 Å². The number of hydrogen-bond donors (Lipinski definition) is 1. The smallest absolute Gasteiger partial charge is 0.213 e. The lowest BCUT2D eigenvalue weighted by Gasteiger charge is -2.35. The van der Waals surface area contributed by atoms with E-state index in [1.165, 1.54) is 5.56 Å². The highest BCUT2D eigenvalue weighted by Gasteiger charge is 2.23. The number of piperazine rings is 1. The summed E-state index contributed by atoms with van der Waals surface area (Å²) < 4.78 is 0. The van der Waals surface area contributed by atoms with Gasteiger partial charge in [-0.15, -0.1) is 0 Å². The highest BCUT2D eigenvalue weighted by molar-refractivity contribution is 6.09. The van der Waals surface area contributed by atoms with Crippen LogP contribution in [0.5, 0.6) is 0 Å². The fraction of sp³-hybridized carbons (Fsp3) is 0.179. The van der Waals surface area contributed by atoms with E-state index in [1.54, 1.807) is 6.07 Å². The molecule has 2 aromatic carbocycles. The Kier molecular flexibility index (Phi) is 5.96. The third kappa shape index (κ3) is 4.54. The fourth-order valence-electron chi connectivity index (χ4n) is 4.28. The summed E-state index contributed by atoms with van der Waals surface area (Å²) >= 11 is 0. The van der Waals surface area contributed by atoms with Crippen LogP contribution in [0.25, 0.3) is 11.1 Å². The van der Waals surface area contributed by atoms with Crippen molar-refractivity contribution < 1.29 is 6.22 Å². The highest BCUT2D eigenvalue weighted by atomic mass is 16.1. The van der Waals surface area contributed by atoms with Crippen LogP contribution in [0, 0.1) is 6.92 Å². The number of nitrogens with zero attached hydrogens (tertiary/aromatic N) is 3. The van der Waals surface area contributed by atoms with Gasteiger partial charge in [-0.2, -0.15) is 0 Å². The number of rotatable bonds is 5. The van der Waals surface area contributed by atoms with Gasteiger partial charge in [-0.1, -0.05) is 66.7 Å². The maximum absolute atomic E-state index is 13.4. The molecule has 5 nitrogen and oxygen atoms in total. The maximum Gasteiger partial charge on any atom is 0.213 e. The Hall–Kier alpha value is -3.83. The molecule has 1 aliphatic heterocycles. The number of carbonyl (C=O) groups is 1. The summed E-state index contributed by atoms with van der Waals surface area (Å²) in [6.07, 6.45) is 1.82. The van der Waals surface area contributed by atoms with Gasteiger partial charge in [0.05, 0.1) is 0 Å². The Labute approximate surface area is 195 Å². The number of aromatic nitrogens is 2. The summed E-state index contributed by atoms with van der Waals surface area (Å²) in [5.74, 6) is 0.725. The normalized spacial score (nSPS) is 15.9. The second kappa shape index (κ2) is 9.35. The molecule has 5 heteroatoms. The first-order chi connectivity index (χ1) is 16.2. The maximum atomic E-state index is 13.4. The Morgan fingerprint density at radius 3 is 2.52 bits per heavy atom. The van der Waals surface area contributed by atoms with Gasteiger partial charge < -0.3 is 10.2 Å². The van der Waals surface area contributed by atoms with Crippen molar-refractivity contribution in [3.63, 3.8) is 0 Å². The lowest BCUT2D eigenvalue weighted by Crippen LogP contribution is -2.46. The SMILES string of the molecule is Cc1ncc(-c2ccccc2)cc1C(=O)c1cccc(N2CCNC(c3ccccc3)C2)n1.[HH]. The molecule has 1 unspecified atom stereocenters. The van der Waals surface area contributed by atoms with Crippen LogP contribution in [0.1, 0.15) is 34.8 Å².